The fraction of sp³-hybridized carbons (Fsp3) is 0.105. The van der Waals surface area contributed by atoms with Crippen molar-refractivity contribution in [3.05, 3.63) is 77.7 Å². The highest BCUT2D eigenvalue weighted by molar-refractivity contribution is 7.98. The second-order valence-electron chi connectivity index (χ2n) is 5.26. The lowest BCUT2D eigenvalue weighted by Gasteiger charge is -1.99. The Morgan fingerprint density at radius 1 is 1.12 bits per heavy atom. The van der Waals surface area contributed by atoms with Crippen LogP contribution in [-0.4, -0.2) is 22.4 Å². The molecule has 0 atom stereocenters. The molecular weight excluding hydrogens is 334 g/mol. The lowest BCUT2D eigenvalue weighted by atomic mass is 10.1. The maximum Gasteiger partial charge on any atom is 0.322 e. The fourth-order valence-electron chi connectivity index (χ4n) is 2.18. The Morgan fingerprint density at radius 3 is 2.60 bits per heavy atom. The molecule has 1 heterocycles. The molecule has 0 aliphatic heterocycles. The van der Waals surface area contributed by atoms with E-state index in [0.717, 1.165) is 11.1 Å². The summed E-state index contributed by atoms with van der Waals surface area (Å²) in [6.45, 7) is 0. The van der Waals surface area contributed by atoms with Crippen LogP contribution in [-0.2, 0) is 11.2 Å². The van der Waals surface area contributed by atoms with Crippen molar-refractivity contribution in [1.82, 2.24) is 10.2 Å². The van der Waals surface area contributed by atoms with Gasteiger partial charge in [0.1, 0.15) is 0 Å². The van der Waals surface area contributed by atoms with Gasteiger partial charge in [-0.3, -0.25) is 10.1 Å². The molecule has 1 amide bonds. The Kier molecular flexibility index (Phi) is 5.64. The van der Waals surface area contributed by atoms with Crippen molar-refractivity contribution in [3.8, 4) is 0 Å². The van der Waals surface area contributed by atoms with Gasteiger partial charge in [-0.1, -0.05) is 47.6 Å². The van der Waals surface area contributed by atoms with Crippen molar-refractivity contribution in [1.29, 1.82) is 0 Å². The van der Waals surface area contributed by atoms with Crippen LogP contribution < -0.4 is 5.32 Å². The number of carbonyl (C=O) groups is 1. The third-order valence-corrected chi connectivity index (χ3v) is 4.18. The van der Waals surface area contributed by atoms with Crippen molar-refractivity contribution in [2.24, 2.45) is 0 Å². The molecule has 126 valence electrons. The molecular formula is C19H17N3O2S. The molecule has 0 fully saturated rings. The molecule has 3 aromatic rings. The number of anilines is 1. The number of carbonyl (C=O) groups excluding carboxylic acids is 1. The number of hydrogen-bond acceptors (Lipinski definition) is 5. The molecule has 3 rings (SSSR count). The van der Waals surface area contributed by atoms with E-state index in [0.29, 0.717) is 12.3 Å². The molecule has 0 unspecified atom stereocenters. The maximum absolute atomic E-state index is 11.9. The maximum atomic E-state index is 11.9. The molecule has 25 heavy (non-hydrogen) atoms. The van der Waals surface area contributed by atoms with E-state index in [1.807, 2.05) is 60.9 Å². The van der Waals surface area contributed by atoms with E-state index in [1.54, 1.807) is 17.8 Å². The van der Waals surface area contributed by atoms with E-state index in [9.17, 15) is 4.79 Å². The molecule has 1 aromatic heterocycles. The number of rotatable bonds is 6. The summed E-state index contributed by atoms with van der Waals surface area (Å²) >= 11 is 1.69. The first-order valence-corrected chi connectivity index (χ1v) is 8.95. The third kappa shape index (κ3) is 5.06. The molecule has 6 heteroatoms. The van der Waals surface area contributed by atoms with Gasteiger partial charge in [-0.15, -0.1) is 16.9 Å². The van der Waals surface area contributed by atoms with Gasteiger partial charge in [0.15, 0.2) is 0 Å². The van der Waals surface area contributed by atoms with Crippen LogP contribution in [0.3, 0.4) is 0 Å². The van der Waals surface area contributed by atoms with Gasteiger partial charge in [0.05, 0.1) is 6.42 Å². The average Bonchev–Trinajstić information content (AvgIpc) is 3.08. The van der Waals surface area contributed by atoms with Gasteiger partial charge in [0.2, 0.25) is 5.89 Å². The summed E-state index contributed by atoms with van der Waals surface area (Å²) in [6, 6.07) is 17.8. The summed E-state index contributed by atoms with van der Waals surface area (Å²) in [4.78, 5) is 13.1. The number of nitrogens with one attached hydrogen (secondary N) is 1. The van der Waals surface area contributed by atoms with E-state index in [2.05, 4.69) is 15.5 Å². The predicted molar refractivity (Wildman–Crippen MR) is 99.4 cm³/mol. The van der Waals surface area contributed by atoms with Gasteiger partial charge in [-0.05, 0) is 35.6 Å². The largest absolute Gasteiger partial charge is 0.407 e. The number of benzene rings is 2. The minimum Gasteiger partial charge on any atom is -0.407 e. The first-order valence-electron chi connectivity index (χ1n) is 7.72. The van der Waals surface area contributed by atoms with E-state index < -0.39 is 0 Å². The van der Waals surface area contributed by atoms with Gasteiger partial charge < -0.3 is 4.42 Å². The summed E-state index contributed by atoms with van der Waals surface area (Å²) in [5, 5.41) is 10.4. The van der Waals surface area contributed by atoms with Crippen LogP contribution in [0.15, 0.2) is 70.0 Å². The van der Waals surface area contributed by atoms with E-state index in [1.165, 1.54) is 11.0 Å². The lowest BCUT2D eigenvalue weighted by Crippen LogP contribution is -2.07. The van der Waals surface area contributed by atoms with Crippen LogP contribution in [0.4, 0.5) is 6.01 Å². The standard InChI is InChI=1S/C19H17N3O2S/c1-25-16-10-7-15(8-11-16)13-18-21-22-19(24-18)20-17(23)12-9-14-5-3-2-4-6-14/h2-12H,13H2,1H3,(H,20,22,23)/b12-9+. The van der Waals surface area contributed by atoms with Crippen LogP contribution in [0.2, 0.25) is 0 Å². The van der Waals surface area contributed by atoms with Gasteiger partial charge >= 0.3 is 6.01 Å². The summed E-state index contributed by atoms with van der Waals surface area (Å²) < 4.78 is 5.47. The molecule has 0 aliphatic rings. The number of hydrogen-bond donors (Lipinski definition) is 1. The zero-order valence-electron chi connectivity index (χ0n) is 13.7. The highest BCUT2D eigenvalue weighted by Crippen LogP contribution is 2.17. The van der Waals surface area contributed by atoms with E-state index >= 15 is 0 Å². The second kappa shape index (κ2) is 8.30. The van der Waals surface area contributed by atoms with Crippen LogP contribution >= 0.6 is 11.8 Å². The molecule has 0 radical (unpaired) electrons. The Bertz CT molecular complexity index is 858. The summed E-state index contributed by atoms with van der Waals surface area (Å²) in [7, 11) is 0. The molecule has 2 aromatic carbocycles. The Balaban J connectivity index is 1.57. The van der Waals surface area contributed by atoms with Crippen molar-refractivity contribution in [3.63, 3.8) is 0 Å². The van der Waals surface area contributed by atoms with Crippen LogP contribution in [0.5, 0.6) is 0 Å². The molecule has 0 saturated carbocycles. The molecule has 0 bridgehead atoms. The number of nitrogens with zero attached hydrogens (tertiary/aromatic N) is 2. The van der Waals surface area contributed by atoms with Gasteiger partial charge in [0, 0.05) is 11.0 Å². The minimum atomic E-state index is -0.316. The molecule has 1 N–H and O–H groups in total. The topological polar surface area (TPSA) is 68.0 Å². The number of amides is 1. The van der Waals surface area contributed by atoms with Crippen molar-refractivity contribution < 1.29 is 9.21 Å². The highest BCUT2D eigenvalue weighted by atomic mass is 32.2. The van der Waals surface area contributed by atoms with Crippen LogP contribution in [0.25, 0.3) is 6.08 Å². The molecule has 5 nitrogen and oxygen atoms in total. The Hall–Kier alpha value is -2.86. The number of aromatic nitrogens is 2. The van der Waals surface area contributed by atoms with Crippen LogP contribution in [0.1, 0.15) is 17.0 Å². The molecule has 0 saturated heterocycles. The van der Waals surface area contributed by atoms with Gasteiger partial charge in [0.25, 0.3) is 5.91 Å². The molecule has 0 aliphatic carbocycles. The molecule has 0 spiro atoms. The fourth-order valence-corrected chi connectivity index (χ4v) is 2.58. The van der Waals surface area contributed by atoms with Gasteiger partial charge in [-0.2, -0.15) is 0 Å². The zero-order valence-corrected chi connectivity index (χ0v) is 14.5. The monoisotopic (exact) mass is 351 g/mol. The van der Waals surface area contributed by atoms with Crippen molar-refractivity contribution >= 4 is 29.8 Å². The zero-order chi connectivity index (χ0) is 17.5. The van der Waals surface area contributed by atoms with E-state index in [4.69, 9.17) is 4.42 Å². The number of thioether (sulfide) groups is 1. The first-order chi connectivity index (χ1) is 12.2. The SMILES string of the molecule is CSc1ccc(Cc2nnc(NC(=O)/C=C/c3ccccc3)o2)cc1. The summed E-state index contributed by atoms with van der Waals surface area (Å²) in [5.74, 6) is 0.141. The smallest absolute Gasteiger partial charge is 0.322 e. The second-order valence-corrected chi connectivity index (χ2v) is 6.14. The van der Waals surface area contributed by atoms with Crippen LogP contribution in [0, 0.1) is 0 Å². The lowest BCUT2D eigenvalue weighted by molar-refractivity contribution is -0.112. The van der Waals surface area contributed by atoms with Crippen molar-refractivity contribution in [2.75, 3.05) is 11.6 Å². The van der Waals surface area contributed by atoms with E-state index in [-0.39, 0.29) is 11.9 Å². The highest BCUT2D eigenvalue weighted by Gasteiger charge is 2.09. The quantitative estimate of drug-likeness (QED) is 0.536. The Labute approximate surface area is 150 Å². The summed E-state index contributed by atoms with van der Waals surface area (Å²) in [5.41, 5.74) is 2.01. The minimum absolute atomic E-state index is 0.0958. The summed E-state index contributed by atoms with van der Waals surface area (Å²) in [6.07, 6.45) is 5.71. The first kappa shape index (κ1) is 17.0. The average molecular weight is 351 g/mol. The predicted octanol–water partition coefficient (Wildman–Crippen LogP) is 4.03. The normalized spacial score (nSPS) is 10.9. The van der Waals surface area contributed by atoms with Crippen molar-refractivity contribution in [2.45, 2.75) is 11.3 Å². The van der Waals surface area contributed by atoms with Gasteiger partial charge in [-0.25, -0.2) is 0 Å². The Morgan fingerprint density at radius 2 is 1.88 bits per heavy atom. The third-order valence-electron chi connectivity index (χ3n) is 3.44.